The van der Waals surface area contributed by atoms with Gasteiger partial charge in [0.05, 0.1) is 0 Å². The van der Waals surface area contributed by atoms with Gasteiger partial charge in [-0.25, -0.2) is 4.79 Å². The molecule has 3 rings (SSSR count). The number of ether oxygens (including phenoxy) is 2. The van der Waals surface area contributed by atoms with E-state index < -0.39 is 36.7 Å². The van der Waals surface area contributed by atoms with Gasteiger partial charge in [0.15, 0.2) is 6.10 Å². The summed E-state index contributed by atoms with van der Waals surface area (Å²) in [5.41, 5.74) is 1.35. The largest absolute Gasteiger partial charge is 0.508 e. The number of carboxylic acids is 1. The highest BCUT2D eigenvalue weighted by Crippen LogP contribution is 2.26. The van der Waals surface area contributed by atoms with E-state index in [0.29, 0.717) is 5.56 Å². The number of phenols is 2. The van der Waals surface area contributed by atoms with Crippen molar-refractivity contribution in [2.45, 2.75) is 30.7 Å². The topological polar surface area (TPSA) is 157 Å². The van der Waals surface area contributed by atoms with Crippen LogP contribution in [-0.2, 0) is 9.53 Å². The second-order valence-electron chi connectivity index (χ2n) is 6.54. The minimum atomic E-state index is -1.79. The Morgan fingerprint density at radius 1 is 0.862 bits per heavy atom. The van der Waals surface area contributed by atoms with E-state index in [1.165, 1.54) is 18.2 Å². The monoisotopic (exact) mass is 404 g/mol. The Morgan fingerprint density at radius 2 is 1.45 bits per heavy atom. The van der Waals surface area contributed by atoms with Crippen LogP contribution < -0.4 is 4.74 Å². The zero-order valence-corrected chi connectivity index (χ0v) is 15.0. The molecule has 0 spiro atoms. The molecule has 6 N–H and O–H groups in total. The average molecular weight is 404 g/mol. The fourth-order valence-corrected chi connectivity index (χ4v) is 2.85. The van der Waals surface area contributed by atoms with Crippen LogP contribution >= 0.6 is 0 Å². The van der Waals surface area contributed by atoms with Crippen LogP contribution in [0.5, 0.6) is 17.2 Å². The average Bonchev–Trinajstić information content (AvgIpc) is 2.67. The molecule has 2 aromatic carbocycles. The van der Waals surface area contributed by atoms with Gasteiger partial charge in [-0.3, -0.25) is 0 Å². The van der Waals surface area contributed by atoms with Gasteiger partial charge >= 0.3 is 5.97 Å². The standard InChI is InChI=1S/C20H20O9/c21-12-7-11(8-13(22)9-12)2-1-10-3-5-14(6-4-10)28-20-17(25)15(23)16(24)18(29-20)19(26)27/h1-9,15-18,20-25H,(H,26,27)/t15-,16+,17-,18+,20-/m1/s1. The van der Waals surface area contributed by atoms with E-state index in [1.807, 2.05) is 0 Å². The highest BCUT2D eigenvalue weighted by Gasteiger charge is 2.48. The van der Waals surface area contributed by atoms with E-state index in [9.17, 15) is 30.3 Å². The maximum Gasteiger partial charge on any atom is 0.335 e. The molecule has 1 aliphatic heterocycles. The van der Waals surface area contributed by atoms with Gasteiger partial charge in [0.25, 0.3) is 0 Å². The molecule has 29 heavy (non-hydrogen) atoms. The Bertz CT molecular complexity index is 873. The molecule has 0 saturated carbocycles. The van der Waals surface area contributed by atoms with Crippen molar-refractivity contribution in [3.05, 3.63) is 53.6 Å². The number of benzene rings is 2. The summed E-state index contributed by atoms with van der Waals surface area (Å²) < 4.78 is 10.5. The Hall–Kier alpha value is -3.11. The molecule has 154 valence electrons. The molecular weight excluding hydrogens is 384 g/mol. The third-order valence-corrected chi connectivity index (χ3v) is 4.34. The van der Waals surface area contributed by atoms with Crippen LogP contribution in [-0.4, -0.2) is 67.3 Å². The minimum Gasteiger partial charge on any atom is -0.508 e. The SMILES string of the molecule is O=C(O)[C@H]1O[C@@H](Oc2ccc(C=Cc3cc(O)cc(O)c3)cc2)[C@H](O)[C@H](O)[C@@H]1O. The summed E-state index contributed by atoms with van der Waals surface area (Å²) in [5.74, 6) is -1.37. The van der Waals surface area contributed by atoms with Crippen molar-refractivity contribution in [3.8, 4) is 17.2 Å². The smallest absolute Gasteiger partial charge is 0.335 e. The van der Waals surface area contributed by atoms with Gasteiger partial charge in [-0.05, 0) is 35.4 Å². The molecule has 1 saturated heterocycles. The second kappa shape index (κ2) is 8.50. The third-order valence-electron chi connectivity index (χ3n) is 4.34. The van der Waals surface area contributed by atoms with Crippen LogP contribution in [0.15, 0.2) is 42.5 Å². The minimum absolute atomic E-state index is 0.0635. The maximum atomic E-state index is 11.1. The molecule has 1 fully saturated rings. The first-order valence-electron chi connectivity index (χ1n) is 8.65. The van der Waals surface area contributed by atoms with E-state index in [4.69, 9.17) is 14.6 Å². The van der Waals surface area contributed by atoms with Gasteiger partial charge in [-0.2, -0.15) is 0 Å². The van der Waals surface area contributed by atoms with Gasteiger partial charge in [0, 0.05) is 6.07 Å². The predicted molar refractivity (Wildman–Crippen MR) is 100 cm³/mol. The molecule has 9 nitrogen and oxygen atoms in total. The Labute approximate surface area is 165 Å². The zero-order chi connectivity index (χ0) is 21.1. The summed E-state index contributed by atoms with van der Waals surface area (Å²) in [4.78, 5) is 11.1. The van der Waals surface area contributed by atoms with Gasteiger partial charge in [-0.15, -0.1) is 0 Å². The summed E-state index contributed by atoms with van der Waals surface area (Å²) in [6.07, 6.45) is -4.98. The van der Waals surface area contributed by atoms with Gasteiger partial charge in [0.1, 0.15) is 35.6 Å². The van der Waals surface area contributed by atoms with Crippen molar-refractivity contribution in [1.29, 1.82) is 0 Å². The molecule has 0 amide bonds. The van der Waals surface area contributed by atoms with Crippen LogP contribution in [0.1, 0.15) is 11.1 Å². The van der Waals surface area contributed by atoms with Gasteiger partial charge < -0.3 is 40.1 Å². The van der Waals surface area contributed by atoms with Gasteiger partial charge in [-0.1, -0.05) is 24.3 Å². The van der Waals surface area contributed by atoms with Crippen molar-refractivity contribution in [1.82, 2.24) is 0 Å². The molecule has 0 bridgehead atoms. The van der Waals surface area contributed by atoms with Crippen molar-refractivity contribution < 1.29 is 44.9 Å². The Balaban J connectivity index is 1.68. The number of aromatic hydroxyl groups is 2. The van der Waals surface area contributed by atoms with Crippen LogP contribution in [0.3, 0.4) is 0 Å². The van der Waals surface area contributed by atoms with E-state index in [-0.39, 0.29) is 17.2 Å². The molecular formula is C20H20O9. The first-order valence-corrected chi connectivity index (χ1v) is 8.65. The lowest BCUT2D eigenvalue weighted by Crippen LogP contribution is -2.61. The number of aliphatic carboxylic acids is 1. The molecule has 1 aliphatic rings. The summed E-state index contributed by atoms with van der Waals surface area (Å²) in [6, 6.07) is 10.6. The molecule has 2 aromatic rings. The van der Waals surface area contributed by atoms with Crippen molar-refractivity contribution in [2.75, 3.05) is 0 Å². The predicted octanol–water partition coefficient (Wildman–Crippen LogP) is 0.539. The molecule has 0 radical (unpaired) electrons. The lowest BCUT2D eigenvalue weighted by Gasteiger charge is -2.38. The highest BCUT2D eigenvalue weighted by atomic mass is 16.7. The number of aliphatic hydroxyl groups is 3. The number of phenolic OH excluding ortho intramolecular Hbond substituents is 2. The Morgan fingerprint density at radius 3 is 2.03 bits per heavy atom. The van der Waals surface area contributed by atoms with Crippen LogP contribution in [0, 0.1) is 0 Å². The van der Waals surface area contributed by atoms with Gasteiger partial charge in [0.2, 0.25) is 6.29 Å². The molecule has 9 heteroatoms. The van der Waals surface area contributed by atoms with Crippen LogP contribution in [0.25, 0.3) is 12.2 Å². The second-order valence-corrected chi connectivity index (χ2v) is 6.54. The van der Waals surface area contributed by atoms with Crippen molar-refractivity contribution in [2.24, 2.45) is 0 Å². The number of carboxylic acid groups (broad SMARTS) is 1. The van der Waals surface area contributed by atoms with Crippen LogP contribution in [0.2, 0.25) is 0 Å². The molecule has 0 aliphatic carbocycles. The summed E-state index contributed by atoms with van der Waals surface area (Å²) >= 11 is 0. The number of hydrogen-bond donors (Lipinski definition) is 6. The van der Waals surface area contributed by atoms with Crippen molar-refractivity contribution in [3.63, 3.8) is 0 Å². The maximum absolute atomic E-state index is 11.1. The molecule has 0 aromatic heterocycles. The number of carbonyl (C=O) groups is 1. The van der Waals surface area contributed by atoms with Crippen LogP contribution in [0.4, 0.5) is 0 Å². The van der Waals surface area contributed by atoms with E-state index in [2.05, 4.69) is 0 Å². The fraction of sp³-hybridized carbons (Fsp3) is 0.250. The molecule has 5 atom stereocenters. The number of hydrogen-bond acceptors (Lipinski definition) is 8. The summed E-state index contributed by atoms with van der Waals surface area (Å²) in [6.45, 7) is 0. The normalized spacial score (nSPS) is 27.1. The third kappa shape index (κ3) is 4.84. The fourth-order valence-electron chi connectivity index (χ4n) is 2.85. The zero-order valence-electron chi connectivity index (χ0n) is 15.0. The van der Waals surface area contributed by atoms with E-state index in [1.54, 1.807) is 36.4 Å². The molecule has 1 heterocycles. The van der Waals surface area contributed by atoms with E-state index >= 15 is 0 Å². The summed E-state index contributed by atoms with van der Waals surface area (Å²) in [7, 11) is 0. The van der Waals surface area contributed by atoms with E-state index in [0.717, 1.165) is 5.56 Å². The summed E-state index contributed by atoms with van der Waals surface area (Å²) in [5, 5.41) is 57.5. The highest BCUT2D eigenvalue weighted by molar-refractivity contribution is 5.73. The first-order chi connectivity index (χ1) is 13.7. The lowest BCUT2D eigenvalue weighted by atomic mass is 9.99. The molecule has 0 unspecified atom stereocenters. The lowest BCUT2D eigenvalue weighted by molar-refractivity contribution is -0.271. The number of rotatable bonds is 5. The Kier molecular flexibility index (Phi) is 6.04. The van der Waals surface area contributed by atoms with Crippen molar-refractivity contribution >= 4 is 18.1 Å². The first kappa shape index (κ1) is 20.6. The number of aliphatic hydroxyl groups excluding tert-OH is 3. The quantitative estimate of drug-likeness (QED) is 0.391.